The topological polar surface area (TPSA) is 84.9 Å². The molecule has 2 aromatic rings. The standard InChI is InChI=1S/C21H26N2O5S/c1-4-16-5-8-18(9-6-16)23(29(3,25)26)14-21(24)22-15(2)17-7-10-19-20(13-17)28-12-11-27-19/h5-10,13,15H,4,11-12,14H2,1-3H3,(H,22,24)/t15-/m0/s1. The van der Waals surface area contributed by atoms with Crippen molar-refractivity contribution >= 4 is 21.6 Å². The van der Waals surface area contributed by atoms with Crippen molar-refractivity contribution < 1.29 is 22.7 Å². The Labute approximate surface area is 171 Å². The molecule has 0 bridgehead atoms. The number of carbonyl (C=O) groups excluding carboxylic acids is 1. The van der Waals surface area contributed by atoms with Gasteiger partial charge in [0.2, 0.25) is 15.9 Å². The van der Waals surface area contributed by atoms with E-state index in [2.05, 4.69) is 5.32 Å². The van der Waals surface area contributed by atoms with Gasteiger partial charge in [-0.25, -0.2) is 8.42 Å². The molecule has 1 aliphatic rings. The van der Waals surface area contributed by atoms with Crippen molar-refractivity contribution in [1.82, 2.24) is 5.32 Å². The van der Waals surface area contributed by atoms with Crippen LogP contribution in [-0.4, -0.2) is 40.3 Å². The van der Waals surface area contributed by atoms with E-state index < -0.39 is 15.9 Å². The number of ether oxygens (including phenoxy) is 2. The first-order valence-electron chi connectivity index (χ1n) is 9.53. The Hall–Kier alpha value is -2.74. The summed E-state index contributed by atoms with van der Waals surface area (Å²) in [4.78, 5) is 12.6. The van der Waals surface area contributed by atoms with Gasteiger partial charge >= 0.3 is 0 Å². The van der Waals surface area contributed by atoms with Gasteiger partial charge in [0.1, 0.15) is 19.8 Å². The average molecular weight is 419 g/mol. The molecule has 0 spiro atoms. The van der Waals surface area contributed by atoms with E-state index in [-0.39, 0.29) is 12.6 Å². The van der Waals surface area contributed by atoms with Gasteiger partial charge in [-0.15, -0.1) is 0 Å². The molecule has 1 heterocycles. The second kappa shape index (κ2) is 8.73. The minimum absolute atomic E-state index is 0.292. The summed E-state index contributed by atoms with van der Waals surface area (Å²) in [7, 11) is -3.61. The Balaban J connectivity index is 1.71. The predicted octanol–water partition coefficient (Wildman–Crippen LogP) is 2.66. The van der Waals surface area contributed by atoms with Crippen LogP contribution in [0, 0.1) is 0 Å². The molecule has 29 heavy (non-hydrogen) atoms. The minimum Gasteiger partial charge on any atom is -0.486 e. The second-order valence-corrected chi connectivity index (χ2v) is 8.89. The second-order valence-electron chi connectivity index (χ2n) is 6.98. The fraction of sp³-hybridized carbons (Fsp3) is 0.381. The van der Waals surface area contributed by atoms with Crippen molar-refractivity contribution in [2.45, 2.75) is 26.3 Å². The van der Waals surface area contributed by atoms with Gasteiger partial charge in [-0.3, -0.25) is 9.10 Å². The van der Waals surface area contributed by atoms with Crippen LogP contribution in [0.3, 0.4) is 0 Å². The molecule has 2 aromatic carbocycles. The first-order valence-corrected chi connectivity index (χ1v) is 11.4. The number of hydrogen-bond donors (Lipinski definition) is 1. The van der Waals surface area contributed by atoms with Gasteiger partial charge in [0, 0.05) is 0 Å². The number of nitrogens with zero attached hydrogens (tertiary/aromatic N) is 1. The molecule has 0 unspecified atom stereocenters. The van der Waals surface area contributed by atoms with Crippen molar-refractivity contribution in [2.75, 3.05) is 30.3 Å². The van der Waals surface area contributed by atoms with E-state index in [1.807, 2.05) is 44.2 Å². The molecule has 0 radical (unpaired) electrons. The van der Waals surface area contributed by atoms with Gasteiger partial charge in [-0.2, -0.15) is 0 Å². The van der Waals surface area contributed by atoms with Gasteiger partial charge in [0.15, 0.2) is 11.5 Å². The third kappa shape index (κ3) is 5.20. The average Bonchev–Trinajstić information content (AvgIpc) is 2.71. The van der Waals surface area contributed by atoms with Crippen LogP contribution >= 0.6 is 0 Å². The van der Waals surface area contributed by atoms with Crippen molar-refractivity contribution in [3.63, 3.8) is 0 Å². The van der Waals surface area contributed by atoms with Gasteiger partial charge in [0.05, 0.1) is 18.0 Å². The molecule has 156 valence electrons. The zero-order valence-corrected chi connectivity index (χ0v) is 17.7. The summed E-state index contributed by atoms with van der Waals surface area (Å²) in [6.07, 6.45) is 1.95. The number of benzene rings is 2. The molecule has 1 N–H and O–H groups in total. The molecule has 8 heteroatoms. The molecule has 1 amide bonds. The highest BCUT2D eigenvalue weighted by atomic mass is 32.2. The van der Waals surface area contributed by atoms with E-state index in [0.29, 0.717) is 30.4 Å². The molecule has 7 nitrogen and oxygen atoms in total. The van der Waals surface area contributed by atoms with Crippen molar-refractivity contribution in [3.8, 4) is 11.5 Å². The fourth-order valence-corrected chi connectivity index (χ4v) is 3.98. The molecule has 0 saturated heterocycles. The maximum atomic E-state index is 12.6. The molecule has 0 aromatic heterocycles. The smallest absolute Gasteiger partial charge is 0.241 e. The lowest BCUT2D eigenvalue weighted by Gasteiger charge is -2.24. The molecule has 1 aliphatic heterocycles. The van der Waals surface area contributed by atoms with E-state index in [1.54, 1.807) is 12.1 Å². The molecule has 0 fully saturated rings. The number of rotatable bonds is 7. The highest BCUT2D eigenvalue weighted by Gasteiger charge is 2.22. The quantitative estimate of drug-likeness (QED) is 0.747. The summed E-state index contributed by atoms with van der Waals surface area (Å²) in [6, 6.07) is 12.3. The van der Waals surface area contributed by atoms with Crippen LogP contribution in [0.25, 0.3) is 0 Å². The largest absolute Gasteiger partial charge is 0.486 e. The molecule has 0 aliphatic carbocycles. The van der Waals surface area contributed by atoms with E-state index in [1.165, 1.54) is 0 Å². The van der Waals surface area contributed by atoms with Crippen LogP contribution < -0.4 is 19.1 Å². The Kier molecular flexibility index (Phi) is 6.32. The first kappa shape index (κ1) is 21.0. The number of fused-ring (bicyclic) bond motifs is 1. The Bertz CT molecular complexity index is 973. The van der Waals surface area contributed by atoms with E-state index in [9.17, 15) is 13.2 Å². The van der Waals surface area contributed by atoms with E-state index in [0.717, 1.165) is 28.1 Å². The third-order valence-electron chi connectivity index (χ3n) is 4.76. The number of nitrogens with one attached hydrogen (secondary N) is 1. The monoisotopic (exact) mass is 418 g/mol. The number of aryl methyl sites for hydroxylation is 1. The maximum Gasteiger partial charge on any atom is 0.241 e. The van der Waals surface area contributed by atoms with E-state index >= 15 is 0 Å². The summed E-state index contributed by atoms with van der Waals surface area (Å²) in [5.41, 5.74) is 2.41. The zero-order chi connectivity index (χ0) is 21.0. The zero-order valence-electron chi connectivity index (χ0n) is 16.8. The van der Waals surface area contributed by atoms with Crippen LogP contribution in [0.1, 0.15) is 31.0 Å². The maximum absolute atomic E-state index is 12.6. The molecule has 0 saturated carbocycles. The number of amides is 1. The first-order chi connectivity index (χ1) is 13.8. The highest BCUT2D eigenvalue weighted by Crippen LogP contribution is 2.32. The normalized spacial score (nSPS) is 14.2. The summed E-state index contributed by atoms with van der Waals surface area (Å²) in [5, 5.41) is 2.86. The highest BCUT2D eigenvalue weighted by molar-refractivity contribution is 7.92. The van der Waals surface area contributed by atoms with Gasteiger partial charge < -0.3 is 14.8 Å². The van der Waals surface area contributed by atoms with Gasteiger partial charge in [-0.1, -0.05) is 25.1 Å². The Morgan fingerprint density at radius 3 is 2.38 bits per heavy atom. The molecule has 1 atom stereocenters. The van der Waals surface area contributed by atoms with Crippen LogP contribution in [0.15, 0.2) is 42.5 Å². The van der Waals surface area contributed by atoms with Crippen molar-refractivity contribution in [3.05, 3.63) is 53.6 Å². The van der Waals surface area contributed by atoms with Crippen LogP contribution in [0.2, 0.25) is 0 Å². The van der Waals surface area contributed by atoms with Gasteiger partial charge in [0.25, 0.3) is 0 Å². The lowest BCUT2D eigenvalue weighted by Crippen LogP contribution is -2.41. The summed E-state index contributed by atoms with van der Waals surface area (Å²) >= 11 is 0. The number of anilines is 1. The summed E-state index contributed by atoms with van der Waals surface area (Å²) in [6.45, 7) is 4.57. The lowest BCUT2D eigenvalue weighted by molar-refractivity contribution is -0.120. The molecular weight excluding hydrogens is 392 g/mol. The molecule has 3 rings (SSSR count). The summed E-state index contributed by atoms with van der Waals surface area (Å²) < 4.78 is 36.7. The van der Waals surface area contributed by atoms with Crippen LogP contribution in [0.4, 0.5) is 5.69 Å². The minimum atomic E-state index is -3.61. The van der Waals surface area contributed by atoms with Crippen LogP contribution in [0.5, 0.6) is 11.5 Å². The fourth-order valence-electron chi connectivity index (χ4n) is 3.13. The third-order valence-corrected chi connectivity index (χ3v) is 5.90. The van der Waals surface area contributed by atoms with Crippen LogP contribution in [-0.2, 0) is 21.2 Å². The lowest BCUT2D eigenvalue weighted by atomic mass is 10.1. The van der Waals surface area contributed by atoms with E-state index in [4.69, 9.17) is 9.47 Å². The molecular formula is C21H26N2O5S. The number of hydrogen-bond acceptors (Lipinski definition) is 5. The van der Waals surface area contributed by atoms with Crippen molar-refractivity contribution in [1.29, 1.82) is 0 Å². The van der Waals surface area contributed by atoms with Crippen molar-refractivity contribution in [2.24, 2.45) is 0 Å². The van der Waals surface area contributed by atoms with Gasteiger partial charge in [-0.05, 0) is 48.7 Å². The summed E-state index contributed by atoms with van der Waals surface area (Å²) in [5.74, 6) is 0.929. The number of carbonyl (C=O) groups is 1. The predicted molar refractivity (Wildman–Crippen MR) is 112 cm³/mol. The SMILES string of the molecule is CCc1ccc(N(CC(=O)N[C@@H](C)c2ccc3c(c2)OCCO3)S(C)(=O)=O)cc1. The Morgan fingerprint density at radius 2 is 1.76 bits per heavy atom. The number of sulfonamides is 1. The Morgan fingerprint density at radius 1 is 1.10 bits per heavy atom.